The van der Waals surface area contributed by atoms with Crippen molar-refractivity contribution in [2.45, 2.75) is 19.2 Å². The van der Waals surface area contributed by atoms with Gasteiger partial charge in [0.05, 0.1) is 0 Å². The molecule has 0 atom stereocenters. The van der Waals surface area contributed by atoms with E-state index in [9.17, 15) is 4.39 Å². The van der Waals surface area contributed by atoms with E-state index in [1.165, 1.54) is 17.2 Å². The van der Waals surface area contributed by atoms with Crippen LogP contribution in [0.15, 0.2) is 42.5 Å². The van der Waals surface area contributed by atoms with Crippen molar-refractivity contribution in [3.05, 3.63) is 59.4 Å². The molecule has 0 saturated carbocycles. The fourth-order valence-corrected chi connectivity index (χ4v) is 2.67. The van der Waals surface area contributed by atoms with Crippen LogP contribution in [0.25, 0.3) is 0 Å². The molecule has 2 aromatic carbocycles. The van der Waals surface area contributed by atoms with Crippen LogP contribution in [0.5, 0.6) is 0 Å². The van der Waals surface area contributed by atoms with Crippen LogP contribution in [0.3, 0.4) is 0 Å². The standard InChI is InChI=1S/C16H17BrFN/c1-3-19(15-6-4-5-14(18)10-15)16-8-7-12(2)9-13(16)11-17/h4-10H,3,11H2,1-2H3. The summed E-state index contributed by atoms with van der Waals surface area (Å²) in [5, 5.41) is 0.788. The fourth-order valence-electron chi connectivity index (χ4n) is 2.22. The molecule has 2 rings (SSSR count). The van der Waals surface area contributed by atoms with Crippen molar-refractivity contribution >= 4 is 27.3 Å². The molecule has 0 aliphatic heterocycles. The van der Waals surface area contributed by atoms with Crippen LogP contribution in [-0.2, 0) is 5.33 Å². The van der Waals surface area contributed by atoms with E-state index in [-0.39, 0.29) is 5.82 Å². The van der Waals surface area contributed by atoms with Gasteiger partial charge in [0.15, 0.2) is 0 Å². The molecule has 0 aromatic heterocycles. The number of alkyl halides is 1. The third-order valence-electron chi connectivity index (χ3n) is 3.11. The molecule has 0 aliphatic carbocycles. The summed E-state index contributed by atoms with van der Waals surface area (Å²) in [6.07, 6.45) is 0. The van der Waals surface area contributed by atoms with E-state index in [1.54, 1.807) is 12.1 Å². The molecule has 0 aliphatic rings. The van der Waals surface area contributed by atoms with Crippen LogP contribution < -0.4 is 4.90 Å². The van der Waals surface area contributed by atoms with Crippen LogP contribution in [0.1, 0.15) is 18.1 Å². The second-order valence-electron chi connectivity index (χ2n) is 4.49. The number of anilines is 2. The second kappa shape index (κ2) is 6.20. The van der Waals surface area contributed by atoms with Crippen molar-refractivity contribution < 1.29 is 4.39 Å². The lowest BCUT2D eigenvalue weighted by Gasteiger charge is -2.26. The van der Waals surface area contributed by atoms with Crippen LogP contribution in [-0.4, -0.2) is 6.54 Å². The van der Waals surface area contributed by atoms with Gasteiger partial charge in [0.2, 0.25) is 0 Å². The van der Waals surface area contributed by atoms with Crippen LogP contribution >= 0.6 is 15.9 Å². The molecule has 0 heterocycles. The quantitative estimate of drug-likeness (QED) is 0.701. The Morgan fingerprint density at radius 3 is 2.58 bits per heavy atom. The Morgan fingerprint density at radius 1 is 1.16 bits per heavy atom. The Morgan fingerprint density at radius 2 is 1.95 bits per heavy atom. The molecule has 0 bridgehead atoms. The number of halogens is 2. The number of hydrogen-bond donors (Lipinski definition) is 0. The highest BCUT2D eigenvalue weighted by molar-refractivity contribution is 9.08. The lowest BCUT2D eigenvalue weighted by molar-refractivity contribution is 0.627. The third-order valence-corrected chi connectivity index (χ3v) is 3.71. The van der Waals surface area contributed by atoms with Gasteiger partial charge < -0.3 is 4.90 Å². The van der Waals surface area contributed by atoms with Gasteiger partial charge in [-0.15, -0.1) is 0 Å². The summed E-state index contributed by atoms with van der Waals surface area (Å²) in [7, 11) is 0. The van der Waals surface area contributed by atoms with Crippen LogP contribution in [0.4, 0.5) is 15.8 Å². The number of hydrogen-bond acceptors (Lipinski definition) is 1. The predicted molar refractivity (Wildman–Crippen MR) is 82.9 cm³/mol. The maximum Gasteiger partial charge on any atom is 0.125 e. The summed E-state index contributed by atoms with van der Waals surface area (Å²) in [5.41, 5.74) is 4.45. The first-order valence-corrected chi connectivity index (χ1v) is 7.46. The number of nitrogens with zero attached hydrogens (tertiary/aromatic N) is 1. The maximum atomic E-state index is 13.4. The highest BCUT2D eigenvalue weighted by Gasteiger charge is 2.12. The van der Waals surface area contributed by atoms with Crippen molar-refractivity contribution in [3.63, 3.8) is 0 Å². The lowest BCUT2D eigenvalue weighted by Crippen LogP contribution is -2.17. The summed E-state index contributed by atoms with van der Waals surface area (Å²) in [5.74, 6) is -0.205. The van der Waals surface area contributed by atoms with Crippen molar-refractivity contribution in [3.8, 4) is 0 Å². The minimum absolute atomic E-state index is 0.205. The van der Waals surface area contributed by atoms with E-state index in [1.807, 2.05) is 6.07 Å². The van der Waals surface area contributed by atoms with Gasteiger partial charge in [0, 0.05) is 23.2 Å². The topological polar surface area (TPSA) is 3.24 Å². The average molecular weight is 322 g/mol. The van der Waals surface area contributed by atoms with Crippen molar-refractivity contribution in [2.75, 3.05) is 11.4 Å². The first-order chi connectivity index (χ1) is 9.15. The zero-order chi connectivity index (χ0) is 13.8. The number of benzene rings is 2. The summed E-state index contributed by atoms with van der Waals surface area (Å²) in [6, 6.07) is 13.1. The first-order valence-electron chi connectivity index (χ1n) is 6.34. The maximum absolute atomic E-state index is 13.4. The van der Waals surface area contributed by atoms with Gasteiger partial charge >= 0.3 is 0 Å². The van der Waals surface area contributed by atoms with Crippen molar-refractivity contribution in [2.24, 2.45) is 0 Å². The lowest BCUT2D eigenvalue weighted by atomic mass is 10.1. The summed E-state index contributed by atoms with van der Waals surface area (Å²) in [6.45, 7) is 4.95. The smallest absolute Gasteiger partial charge is 0.125 e. The summed E-state index contributed by atoms with van der Waals surface area (Å²) >= 11 is 3.53. The molecule has 0 radical (unpaired) electrons. The molecule has 2 aromatic rings. The van der Waals surface area contributed by atoms with Gasteiger partial charge in [-0.2, -0.15) is 0 Å². The molecule has 0 saturated heterocycles. The predicted octanol–water partition coefficient (Wildman–Crippen LogP) is 5.19. The molecule has 100 valence electrons. The Bertz CT molecular complexity index is 568. The molecule has 0 unspecified atom stereocenters. The molecule has 3 heteroatoms. The van der Waals surface area contributed by atoms with E-state index in [0.29, 0.717) is 0 Å². The average Bonchev–Trinajstić information content (AvgIpc) is 2.41. The van der Waals surface area contributed by atoms with E-state index in [0.717, 1.165) is 23.2 Å². The minimum atomic E-state index is -0.205. The SMILES string of the molecule is CCN(c1cccc(F)c1)c1ccc(C)cc1CBr. The van der Waals surface area contributed by atoms with Gasteiger partial charge in [-0.1, -0.05) is 39.7 Å². The Labute approximate surface area is 122 Å². The largest absolute Gasteiger partial charge is 0.341 e. The van der Waals surface area contributed by atoms with E-state index in [2.05, 4.69) is 52.9 Å². The van der Waals surface area contributed by atoms with Gasteiger partial charge in [-0.3, -0.25) is 0 Å². The van der Waals surface area contributed by atoms with Crippen LogP contribution in [0.2, 0.25) is 0 Å². The molecule has 0 spiro atoms. The van der Waals surface area contributed by atoms with Crippen molar-refractivity contribution in [1.29, 1.82) is 0 Å². The molecule has 0 fully saturated rings. The Kier molecular flexibility index (Phi) is 4.59. The fraction of sp³-hybridized carbons (Fsp3) is 0.250. The monoisotopic (exact) mass is 321 g/mol. The van der Waals surface area contributed by atoms with E-state index in [4.69, 9.17) is 0 Å². The zero-order valence-electron chi connectivity index (χ0n) is 11.2. The highest BCUT2D eigenvalue weighted by Crippen LogP contribution is 2.30. The third kappa shape index (κ3) is 3.16. The molecule has 0 amide bonds. The van der Waals surface area contributed by atoms with E-state index < -0.39 is 0 Å². The van der Waals surface area contributed by atoms with Gasteiger partial charge in [-0.25, -0.2) is 4.39 Å². The summed E-state index contributed by atoms with van der Waals surface area (Å²) < 4.78 is 13.4. The number of aryl methyl sites for hydroxylation is 1. The minimum Gasteiger partial charge on any atom is -0.341 e. The molecular weight excluding hydrogens is 305 g/mol. The van der Waals surface area contributed by atoms with Crippen molar-refractivity contribution in [1.82, 2.24) is 0 Å². The van der Waals surface area contributed by atoms with Gasteiger partial charge in [0.1, 0.15) is 5.82 Å². The normalized spacial score (nSPS) is 10.5. The number of rotatable bonds is 4. The molecular formula is C16H17BrFN. The zero-order valence-corrected chi connectivity index (χ0v) is 12.7. The molecule has 19 heavy (non-hydrogen) atoms. The molecule has 0 N–H and O–H groups in total. The highest BCUT2D eigenvalue weighted by atomic mass is 79.9. The Hall–Kier alpha value is -1.35. The first kappa shape index (κ1) is 14.1. The van der Waals surface area contributed by atoms with E-state index >= 15 is 0 Å². The van der Waals surface area contributed by atoms with Gasteiger partial charge in [0.25, 0.3) is 0 Å². The van der Waals surface area contributed by atoms with Gasteiger partial charge in [-0.05, 0) is 43.7 Å². The molecule has 1 nitrogen and oxygen atoms in total. The van der Waals surface area contributed by atoms with Crippen LogP contribution in [0, 0.1) is 12.7 Å². The Balaban J connectivity index is 2.48. The summed E-state index contributed by atoms with van der Waals surface area (Å²) in [4.78, 5) is 2.12. The second-order valence-corrected chi connectivity index (χ2v) is 5.05.